The number of ketones is 1. The molecule has 0 saturated heterocycles. The molecule has 0 aliphatic carbocycles. The number of thiazole rings is 1. The third-order valence-electron chi connectivity index (χ3n) is 5.55. The van der Waals surface area contributed by atoms with Gasteiger partial charge in [0.2, 0.25) is 0 Å². The molecule has 6 heteroatoms. The summed E-state index contributed by atoms with van der Waals surface area (Å²) in [5.41, 5.74) is 5.02. The van der Waals surface area contributed by atoms with Gasteiger partial charge in [-0.3, -0.25) is 14.5 Å². The van der Waals surface area contributed by atoms with Gasteiger partial charge in [-0.2, -0.15) is 0 Å². The second-order valence-electron chi connectivity index (χ2n) is 8.17. The van der Waals surface area contributed by atoms with Crippen molar-refractivity contribution in [3.8, 4) is 0 Å². The van der Waals surface area contributed by atoms with Crippen molar-refractivity contribution in [2.24, 2.45) is 5.92 Å². The van der Waals surface area contributed by atoms with Crippen LogP contribution in [0.2, 0.25) is 0 Å². The van der Waals surface area contributed by atoms with E-state index in [4.69, 9.17) is 4.98 Å². The maximum absolute atomic E-state index is 13.2. The highest BCUT2D eigenvalue weighted by Crippen LogP contribution is 2.44. The van der Waals surface area contributed by atoms with Crippen molar-refractivity contribution in [2.75, 3.05) is 4.90 Å². The van der Waals surface area contributed by atoms with Crippen LogP contribution in [0.3, 0.4) is 0 Å². The summed E-state index contributed by atoms with van der Waals surface area (Å²) < 4.78 is 0.965. The predicted octanol–water partition coefficient (Wildman–Crippen LogP) is 5.35. The van der Waals surface area contributed by atoms with Gasteiger partial charge in [-0.25, -0.2) is 4.98 Å². The molecule has 4 rings (SSSR count). The molecule has 0 fully saturated rings. The van der Waals surface area contributed by atoms with E-state index in [1.807, 2.05) is 51.1 Å². The molecule has 2 heterocycles. The number of aliphatic hydroxyl groups excluding tert-OH is 1. The van der Waals surface area contributed by atoms with Gasteiger partial charge in [0.25, 0.3) is 5.91 Å². The molecule has 1 aliphatic heterocycles. The maximum Gasteiger partial charge on any atom is 0.296 e. The van der Waals surface area contributed by atoms with Gasteiger partial charge in [0, 0.05) is 5.92 Å². The molecule has 0 saturated carbocycles. The second-order valence-corrected chi connectivity index (χ2v) is 9.18. The first kappa shape index (κ1) is 20.3. The lowest BCUT2D eigenvalue weighted by Crippen LogP contribution is -2.31. The number of rotatable bonds is 4. The zero-order chi connectivity index (χ0) is 21.7. The van der Waals surface area contributed by atoms with Crippen LogP contribution in [0, 0.1) is 26.7 Å². The Morgan fingerprint density at radius 1 is 1.13 bits per heavy atom. The number of benzene rings is 2. The highest BCUT2D eigenvalue weighted by molar-refractivity contribution is 7.22. The number of aryl methyl sites for hydroxylation is 3. The first-order valence-corrected chi connectivity index (χ1v) is 10.8. The van der Waals surface area contributed by atoms with Crippen LogP contribution >= 0.6 is 11.3 Å². The predicted molar refractivity (Wildman–Crippen MR) is 120 cm³/mol. The van der Waals surface area contributed by atoms with Crippen molar-refractivity contribution in [1.29, 1.82) is 0 Å². The lowest BCUT2D eigenvalue weighted by Gasteiger charge is -2.25. The summed E-state index contributed by atoms with van der Waals surface area (Å²) in [4.78, 5) is 32.3. The number of Topliss-reactive ketones (excluding diaryl/α,β-unsaturated/α-hetero) is 1. The Labute approximate surface area is 179 Å². The first-order valence-electron chi connectivity index (χ1n) is 9.94. The minimum Gasteiger partial charge on any atom is -0.503 e. The monoisotopic (exact) mass is 420 g/mol. The van der Waals surface area contributed by atoms with E-state index in [-0.39, 0.29) is 17.3 Å². The van der Waals surface area contributed by atoms with Crippen LogP contribution in [-0.2, 0) is 9.59 Å². The molecule has 5 nitrogen and oxygen atoms in total. The number of carbonyl (C=O) groups excluding carboxylic acids is 2. The van der Waals surface area contributed by atoms with Gasteiger partial charge in [-0.05, 0) is 49.6 Å². The Kier molecular flexibility index (Phi) is 4.98. The minimum atomic E-state index is -0.699. The molecule has 3 aromatic rings. The van der Waals surface area contributed by atoms with E-state index in [1.165, 1.54) is 16.2 Å². The van der Waals surface area contributed by atoms with Gasteiger partial charge in [-0.1, -0.05) is 55.0 Å². The molecule has 0 radical (unpaired) electrons. The van der Waals surface area contributed by atoms with Crippen LogP contribution < -0.4 is 4.90 Å². The lowest BCUT2D eigenvalue weighted by molar-refractivity contribution is -0.119. The van der Waals surface area contributed by atoms with Crippen molar-refractivity contribution >= 4 is 38.4 Å². The third kappa shape index (κ3) is 3.21. The van der Waals surface area contributed by atoms with Gasteiger partial charge < -0.3 is 5.11 Å². The average molecular weight is 421 g/mol. The van der Waals surface area contributed by atoms with Crippen molar-refractivity contribution in [1.82, 2.24) is 4.98 Å². The van der Waals surface area contributed by atoms with E-state index >= 15 is 0 Å². The number of fused-ring (bicyclic) bond motifs is 1. The summed E-state index contributed by atoms with van der Waals surface area (Å²) in [5, 5.41) is 11.2. The zero-order valence-electron chi connectivity index (χ0n) is 17.7. The molecular weight excluding hydrogens is 396 g/mol. The summed E-state index contributed by atoms with van der Waals surface area (Å²) in [6, 6.07) is 11.0. The Morgan fingerprint density at radius 3 is 2.50 bits per heavy atom. The topological polar surface area (TPSA) is 70.5 Å². The Bertz CT molecular complexity index is 1180. The number of amides is 1. The number of aliphatic hydroxyl groups is 1. The number of anilines is 1. The van der Waals surface area contributed by atoms with E-state index in [2.05, 4.69) is 6.07 Å². The highest BCUT2D eigenvalue weighted by Gasteiger charge is 2.46. The van der Waals surface area contributed by atoms with E-state index in [9.17, 15) is 14.7 Å². The minimum absolute atomic E-state index is 0.146. The second kappa shape index (κ2) is 7.36. The molecular formula is C24H24N2O3S. The van der Waals surface area contributed by atoms with E-state index in [0.29, 0.717) is 5.13 Å². The standard InChI is InChI=1S/C24H24N2O3S/c1-12(2)21(27)19-20(16-8-6-7-13(3)9-16)26(23(29)22(19)28)24-25-17-10-14(4)15(5)11-18(17)30-24/h6-12,20,28H,1-5H3. The van der Waals surface area contributed by atoms with E-state index in [0.717, 1.165) is 32.5 Å². The smallest absolute Gasteiger partial charge is 0.296 e. The normalized spacial score (nSPS) is 16.9. The maximum atomic E-state index is 13.2. The number of aromatic nitrogens is 1. The van der Waals surface area contributed by atoms with Crippen LogP contribution in [0.1, 0.15) is 42.1 Å². The quantitative estimate of drug-likeness (QED) is 0.618. The first-order chi connectivity index (χ1) is 14.2. The molecule has 30 heavy (non-hydrogen) atoms. The summed E-state index contributed by atoms with van der Waals surface area (Å²) in [7, 11) is 0. The number of nitrogens with zero attached hydrogens (tertiary/aromatic N) is 2. The number of hydrogen-bond acceptors (Lipinski definition) is 5. The SMILES string of the molecule is Cc1cccc(C2C(C(=O)C(C)C)=C(O)C(=O)N2c2nc3cc(C)c(C)cc3s2)c1. The van der Waals surface area contributed by atoms with Crippen LogP contribution in [0.4, 0.5) is 5.13 Å². The molecule has 1 aliphatic rings. The van der Waals surface area contributed by atoms with Crippen LogP contribution in [0.25, 0.3) is 10.2 Å². The summed E-state index contributed by atoms with van der Waals surface area (Å²) in [6.45, 7) is 9.56. The Balaban J connectivity index is 1.92. The largest absolute Gasteiger partial charge is 0.503 e. The van der Waals surface area contributed by atoms with Crippen molar-refractivity contribution in [2.45, 2.75) is 40.7 Å². The Morgan fingerprint density at radius 2 is 1.83 bits per heavy atom. The van der Waals surface area contributed by atoms with Gasteiger partial charge in [-0.15, -0.1) is 0 Å². The summed E-state index contributed by atoms with van der Waals surface area (Å²) >= 11 is 1.39. The molecule has 1 atom stereocenters. The molecule has 1 unspecified atom stereocenters. The van der Waals surface area contributed by atoms with Gasteiger partial charge in [0.15, 0.2) is 16.7 Å². The van der Waals surface area contributed by atoms with Crippen LogP contribution in [0.5, 0.6) is 0 Å². The molecule has 2 aromatic carbocycles. The molecule has 1 amide bonds. The number of hydrogen-bond donors (Lipinski definition) is 1. The average Bonchev–Trinajstić information content (AvgIpc) is 3.20. The number of carbonyl (C=O) groups is 2. The zero-order valence-corrected chi connectivity index (χ0v) is 18.5. The molecule has 0 spiro atoms. The fourth-order valence-corrected chi connectivity index (χ4v) is 4.86. The fraction of sp³-hybridized carbons (Fsp3) is 0.292. The van der Waals surface area contributed by atoms with Crippen molar-refractivity contribution < 1.29 is 14.7 Å². The molecule has 1 N–H and O–H groups in total. The molecule has 154 valence electrons. The van der Waals surface area contributed by atoms with Gasteiger partial charge in [0.1, 0.15) is 0 Å². The van der Waals surface area contributed by atoms with Crippen molar-refractivity contribution in [3.63, 3.8) is 0 Å². The summed E-state index contributed by atoms with van der Waals surface area (Å²) in [6.07, 6.45) is 0. The van der Waals surface area contributed by atoms with Crippen molar-refractivity contribution in [3.05, 3.63) is 70.0 Å². The van der Waals surface area contributed by atoms with Gasteiger partial charge >= 0.3 is 0 Å². The molecule has 0 bridgehead atoms. The van der Waals surface area contributed by atoms with Crippen LogP contribution in [0.15, 0.2) is 47.7 Å². The highest BCUT2D eigenvalue weighted by atomic mass is 32.1. The van der Waals surface area contributed by atoms with Gasteiger partial charge in [0.05, 0.1) is 21.8 Å². The van der Waals surface area contributed by atoms with E-state index in [1.54, 1.807) is 13.8 Å². The van der Waals surface area contributed by atoms with E-state index < -0.39 is 17.7 Å². The lowest BCUT2D eigenvalue weighted by atomic mass is 9.91. The fourth-order valence-electron chi connectivity index (χ4n) is 3.79. The molecule has 1 aromatic heterocycles. The Hall–Kier alpha value is -2.99. The summed E-state index contributed by atoms with van der Waals surface area (Å²) in [5.74, 6) is -1.64. The third-order valence-corrected chi connectivity index (χ3v) is 6.57. The van der Waals surface area contributed by atoms with Crippen LogP contribution in [-0.4, -0.2) is 21.8 Å².